The number of para-hydroxylation sites is 1. The summed E-state index contributed by atoms with van der Waals surface area (Å²) in [6, 6.07) is 16.4. The fourth-order valence-corrected chi connectivity index (χ4v) is 4.31. The highest BCUT2D eigenvalue weighted by molar-refractivity contribution is 5.90. The lowest BCUT2D eigenvalue weighted by atomic mass is 10.1. The number of hydrogen-bond acceptors (Lipinski definition) is 5. The van der Waals surface area contributed by atoms with E-state index in [9.17, 15) is 4.79 Å². The SMILES string of the molecule is Cc1nc(-c2cccc(NC(=O)N3CCCN4c5ccccc5C[C@@H]4C3)c2)no1. The summed E-state index contributed by atoms with van der Waals surface area (Å²) in [7, 11) is 0. The van der Waals surface area contributed by atoms with Gasteiger partial charge in [-0.3, -0.25) is 0 Å². The van der Waals surface area contributed by atoms with E-state index in [0.29, 0.717) is 17.8 Å². The summed E-state index contributed by atoms with van der Waals surface area (Å²) in [6.45, 7) is 4.22. The van der Waals surface area contributed by atoms with Gasteiger partial charge in [0.1, 0.15) is 0 Å². The molecular weight excluding hydrogens is 366 g/mol. The van der Waals surface area contributed by atoms with E-state index in [1.807, 2.05) is 29.2 Å². The number of nitrogens with zero attached hydrogens (tertiary/aromatic N) is 4. The van der Waals surface area contributed by atoms with Crippen LogP contribution in [0, 0.1) is 6.92 Å². The highest BCUT2D eigenvalue weighted by Crippen LogP contribution is 2.33. The van der Waals surface area contributed by atoms with Crippen LogP contribution in [-0.4, -0.2) is 46.7 Å². The van der Waals surface area contributed by atoms with Crippen molar-refractivity contribution in [3.05, 3.63) is 60.0 Å². The van der Waals surface area contributed by atoms with E-state index in [4.69, 9.17) is 4.52 Å². The normalized spacial score (nSPS) is 18.2. The van der Waals surface area contributed by atoms with Gasteiger partial charge in [-0.2, -0.15) is 4.98 Å². The van der Waals surface area contributed by atoms with E-state index in [2.05, 4.69) is 44.6 Å². The Bertz CT molecular complexity index is 1050. The van der Waals surface area contributed by atoms with Crippen LogP contribution in [-0.2, 0) is 6.42 Å². The Kier molecular flexibility index (Phi) is 4.42. The summed E-state index contributed by atoms with van der Waals surface area (Å²) in [4.78, 5) is 21.6. The molecule has 29 heavy (non-hydrogen) atoms. The smallest absolute Gasteiger partial charge is 0.321 e. The zero-order valence-corrected chi connectivity index (χ0v) is 16.3. The Morgan fingerprint density at radius 1 is 1.17 bits per heavy atom. The fourth-order valence-electron chi connectivity index (χ4n) is 4.31. The van der Waals surface area contributed by atoms with E-state index in [1.54, 1.807) is 6.92 Å². The Morgan fingerprint density at radius 2 is 2.07 bits per heavy atom. The molecule has 0 saturated carbocycles. The van der Waals surface area contributed by atoms with Crippen molar-refractivity contribution in [1.29, 1.82) is 0 Å². The Hall–Kier alpha value is -3.35. The summed E-state index contributed by atoms with van der Waals surface area (Å²) in [5.41, 5.74) is 4.24. The Labute approximate surface area is 169 Å². The maximum atomic E-state index is 13.0. The number of nitrogens with one attached hydrogen (secondary N) is 1. The largest absolute Gasteiger partial charge is 0.366 e. The molecule has 0 unspecified atom stereocenters. The number of amides is 2. The van der Waals surface area contributed by atoms with E-state index < -0.39 is 0 Å². The number of urea groups is 1. The van der Waals surface area contributed by atoms with Crippen molar-refractivity contribution in [3.63, 3.8) is 0 Å². The van der Waals surface area contributed by atoms with Gasteiger partial charge in [-0.25, -0.2) is 4.79 Å². The number of rotatable bonds is 2. The van der Waals surface area contributed by atoms with Crippen LogP contribution in [0.25, 0.3) is 11.4 Å². The number of aromatic nitrogens is 2. The first-order valence-electron chi connectivity index (χ1n) is 9.98. The van der Waals surface area contributed by atoms with Crippen molar-refractivity contribution in [3.8, 4) is 11.4 Å². The van der Waals surface area contributed by atoms with Crippen molar-refractivity contribution in [1.82, 2.24) is 15.0 Å². The minimum absolute atomic E-state index is 0.0655. The molecule has 0 spiro atoms. The third kappa shape index (κ3) is 3.44. The van der Waals surface area contributed by atoms with Crippen molar-refractivity contribution in [2.24, 2.45) is 0 Å². The van der Waals surface area contributed by atoms with E-state index in [1.165, 1.54) is 11.3 Å². The minimum atomic E-state index is -0.0655. The molecule has 1 saturated heterocycles. The molecule has 3 heterocycles. The quantitative estimate of drug-likeness (QED) is 0.723. The third-order valence-corrected chi connectivity index (χ3v) is 5.64. The Balaban J connectivity index is 1.29. The second-order valence-corrected chi connectivity index (χ2v) is 7.63. The average molecular weight is 389 g/mol. The topological polar surface area (TPSA) is 74.5 Å². The van der Waals surface area contributed by atoms with Gasteiger partial charge < -0.3 is 19.6 Å². The number of aryl methyl sites for hydroxylation is 1. The predicted molar refractivity (Wildman–Crippen MR) is 111 cm³/mol. The average Bonchev–Trinajstić information content (AvgIpc) is 3.24. The summed E-state index contributed by atoms with van der Waals surface area (Å²) in [6.07, 6.45) is 1.95. The molecule has 2 amide bonds. The molecule has 1 N–H and O–H groups in total. The number of benzene rings is 2. The molecule has 148 valence electrons. The first-order chi connectivity index (χ1) is 14.2. The number of carbonyl (C=O) groups excluding carboxylic acids is 1. The summed E-state index contributed by atoms with van der Waals surface area (Å²) >= 11 is 0. The zero-order valence-electron chi connectivity index (χ0n) is 16.3. The molecule has 1 atom stereocenters. The lowest BCUT2D eigenvalue weighted by Gasteiger charge is -2.27. The monoisotopic (exact) mass is 389 g/mol. The maximum absolute atomic E-state index is 13.0. The van der Waals surface area contributed by atoms with Crippen LogP contribution < -0.4 is 10.2 Å². The second-order valence-electron chi connectivity index (χ2n) is 7.63. The first kappa shape index (κ1) is 17.7. The van der Waals surface area contributed by atoms with Crippen LogP contribution in [0.3, 0.4) is 0 Å². The van der Waals surface area contributed by atoms with Gasteiger partial charge in [0.2, 0.25) is 11.7 Å². The van der Waals surface area contributed by atoms with E-state index in [0.717, 1.165) is 43.7 Å². The minimum Gasteiger partial charge on any atom is -0.366 e. The molecule has 7 heteroatoms. The fraction of sp³-hybridized carbons (Fsp3) is 0.318. The van der Waals surface area contributed by atoms with Crippen molar-refractivity contribution in [2.45, 2.75) is 25.8 Å². The molecule has 0 aliphatic carbocycles. The molecule has 1 aromatic heterocycles. The highest BCUT2D eigenvalue weighted by atomic mass is 16.5. The van der Waals surface area contributed by atoms with Gasteiger partial charge in [0.25, 0.3) is 0 Å². The van der Waals surface area contributed by atoms with Crippen LogP contribution in [0.15, 0.2) is 53.1 Å². The molecule has 0 radical (unpaired) electrons. The van der Waals surface area contributed by atoms with E-state index in [-0.39, 0.29) is 6.03 Å². The molecule has 2 aliphatic rings. The van der Waals surface area contributed by atoms with Crippen molar-refractivity contribution < 1.29 is 9.32 Å². The molecule has 2 aliphatic heterocycles. The van der Waals surface area contributed by atoms with Gasteiger partial charge in [0.15, 0.2) is 0 Å². The molecule has 3 aromatic rings. The lowest BCUT2D eigenvalue weighted by Crippen LogP contribution is -2.43. The number of carbonyl (C=O) groups is 1. The van der Waals surface area contributed by atoms with Gasteiger partial charge in [-0.15, -0.1) is 0 Å². The van der Waals surface area contributed by atoms with Crippen molar-refractivity contribution in [2.75, 3.05) is 29.9 Å². The molecule has 7 nitrogen and oxygen atoms in total. The third-order valence-electron chi connectivity index (χ3n) is 5.64. The molecule has 0 bridgehead atoms. The van der Waals surface area contributed by atoms with Crippen LogP contribution in [0.4, 0.5) is 16.2 Å². The summed E-state index contributed by atoms with van der Waals surface area (Å²) in [5, 5.41) is 6.99. The number of hydrogen-bond donors (Lipinski definition) is 1. The zero-order chi connectivity index (χ0) is 19.8. The lowest BCUT2D eigenvalue weighted by molar-refractivity contribution is 0.211. The van der Waals surface area contributed by atoms with Crippen LogP contribution in [0.1, 0.15) is 17.9 Å². The maximum Gasteiger partial charge on any atom is 0.321 e. The summed E-state index contributed by atoms with van der Waals surface area (Å²) < 4.78 is 5.05. The standard InChI is InChI=1S/C22H23N5O2/c1-15-23-21(25-29-15)17-7-4-8-18(12-17)24-22(28)26-10-5-11-27-19(14-26)13-16-6-2-3-9-20(16)27/h2-4,6-9,12,19H,5,10-11,13-14H2,1H3,(H,24,28)/t19-/m1/s1. The number of fused-ring (bicyclic) bond motifs is 3. The molecule has 2 aromatic carbocycles. The van der Waals surface area contributed by atoms with Gasteiger partial charge >= 0.3 is 6.03 Å². The van der Waals surface area contributed by atoms with Gasteiger partial charge in [-0.1, -0.05) is 35.5 Å². The van der Waals surface area contributed by atoms with Crippen LogP contribution >= 0.6 is 0 Å². The van der Waals surface area contributed by atoms with Crippen molar-refractivity contribution >= 4 is 17.4 Å². The predicted octanol–water partition coefficient (Wildman–Crippen LogP) is 3.71. The first-order valence-corrected chi connectivity index (χ1v) is 9.98. The van der Waals surface area contributed by atoms with Gasteiger partial charge in [0, 0.05) is 43.5 Å². The summed E-state index contributed by atoms with van der Waals surface area (Å²) in [5.74, 6) is 1.04. The second kappa shape index (κ2) is 7.24. The van der Waals surface area contributed by atoms with Gasteiger partial charge in [0.05, 0.1) is 6.04 Å². The molecule has 5 rings (SSSR count). The van der Waals surface area contributed by atoms with E-state index >= 15 is 0 Å². The Morgan fingerprint density at radius 3 is 2.93 bits per heavy atom. The molecular formula is C22H23N5O2. The van der Waals surface area contributed by atoms with Gasteiger partial charge in [-0.05, 0) is 36.6 Å². The number of anilines is 2. The highest BCUT2D eigenvalue weighted by Gasteiger charge is 2.33. The van der Waals surface area contributed by atoms with Crippen LogP contribution in [0.2, 0.25) is 0 Å². The van der Waals surface area contributed by atoms with Crippen LogP contribution in [0.5, 0.6) is 0 Å². The molecule has 1 fully saturated rings.